The monoisotopic (exact) mass is 224 g/mol. The average molecular weight is 224 g/mol. The van der Waals surface area contributed by atoms with E-state index in [9.17, 15) is 4.79 Å². The lowest BCUT2D eigenvalue weighted by molar-refractivity contribution is 0.0827. The van der Waals surface area contributed by atoms with E-state index in [-0.39, 0.29) is 5.91 Å². The highest BCUT2D eigenvalue weighted by Gasteiger charge is 2.07. The Hall–Kier alpha value is -2.09. The third kappa shape index (κ3) is 2.53. The molecule has 0 saturated carbocycles. The van der Waals surface area contributed by atoms with E-state index < -0.39 is 0 Å². The Bertz CT molecular complexity index is 500. The van der Waals surface area contributed by atoms with Gasteiger partial charge in [0.1, 0.15) is 0 Å². The summed E-state index contributed by atoms with van der Waals surface area (Å²) in [6.45, 7) is 0. The zero-order valence-corrected chi connectivity index (χ0v) is 9.97. The Balaban J connectivity index is 2.28. The third-order valence-electron chi connectivity index (χ3n) is 2.58. The summed E-state index contributed by atoms with van der Waals surface area (Å²) in [4.78, 5) is 13.3. The van der Waals surface area contributed by atoms with Crippen molar-refractivity contribution in [2.45, 2.75) is 0 Å². The smallest absolute Gasteiger partial charge is 0.253 e. The molecule has 0 fully saturated rings. The topological polar surface area (TPSA) is 20.3 Å². The fourth-order valence-corrected chi connectivity index (χ4v) is 1.64. The van der Waals surface area contributed by atoms with Gasteiger partial charge < -0.3 is 4.90 Å². The summed E-state index contributed by atoms with van der Waals surface area (Å²) in [7, 11) is 3.50. The van der Waals surface area contributed by atoms with E-state index in [1.54, 1.807) is 19.0 Å². The highest BCUT2D eigenvalue weighted by atomic mass is 16.2. The largest absolute Gasteiger partial charge is 0.345 e. The van der Waals surface area contributed by atoms with E-state index in [1.165, 1.54) is 0 Å². The molecule has 0 spiro atoms. The lowest BCUT2D eigenvalue weighted by Gasteiger charge is -2.10. The van der Waals surface area contributed by atoms with Gasteiger partial charge in [0.25, 0.3) is 5.91 Å². The number of nitrogens with zero attached hydrogens (tertiary/aromatic N) is 1. The zero-order chi connectivity index (χ0) is 12.3. The first-order valence-electron chi connectivity index (χ1n) is 5.46. The van der Waals surface area contributed by atoms with Crippen molar-refractivity contribution in [1.82, 2.24) is 4.90 Å². The van der Waals surface area contributed by atoms with Crippen molar-refractivity contribution in [3.8, 4) is 11.1 Å². The van der Waals surface area contributed by atoms with Gasteiger partial charge in [-0.25, -0.2) is 0 Å². The quantitative estimate of drug-likeness (QED) is 0.768. The van der Waals surface area contributed by atoms with Crippen LogP contribution >= 0.6 is 0 Å². The molecule has 0 heterocycles. The van der Waals surface area contributed by atoms with Gasteiger partial charge in [-0.2, -0.15) is 0 Å². The second-order valence-electron chi connectivity index (χ2n) is 4.07. The molecule has 1 radical (unpaired) electrons. The molecule has 0 atom stereocenters. The first-order valence-corrected chi connectivity index (χ1v) is 5.46. The summed E-state index contributed by atoms with van der Waals surface area (Å²) in [5, 5.41) is 0. The van der Waals surface area contributed by atoms with Crippen molar-refractivity contribution in [1.29, 1.82) is 0 Å². The van der Waals surface area contributed by atoms with E-state index in [1.807, 2.05) is 48.5 Å². The summed E-state index contributed by atoms with van der Waals surface area (Å²) in [5.74, 6) is 0.0242. The molecule has 2 heteroatoms. The molecular weight excluding hydrogens is 210 g/mol. The first-order chi connectivity index (χ1) is 8.18. The van der Waals surface area contributed by atoms with Crippen LogP contribution in [0.2, 0.25) is 0 Å². The maximum atomic E-state index is 11.7. The summed E-state index contributed by atoms with van der Waals surface area (Å²) in [5.41, 5.74) is 2.91. The number of carbonyl (C=O) groups is 1. The Morgan fingerprint density at radius 1 is 1.06 bits per heavy atom. The van der Waals surface area contributed by atoms with Gasteiger partial charge in [-0.1, -0.05) is 30.3 Å². The number of rotatable bonds is 2. The number of benzene rings is 2. The number of carbonyl (C=O) groups excluding carboxylic acids is 1. The van der Waals surface area contributed by atoms with Crippen molar-refractivity contribution >= 4 is 5.91 Å². The average Bonchev–Trinajstić information content (AvgIpc) is 2.39. The molecule has 2 rings (SSSR count). The van der Waals surface area contributed by atoms with E-state index in [0.29, 0.717) is 5.56 Å². The Morgan fingerprint density at radius 3 is 2.29 bits per heavy atom. The van der Waals surface area contributed by atoms with Crippen molar-refractivity contribution in [3.05, 3.63) is 60.2 Å². The van der Waals surface area contributed by atoms with Crippen LogP contribution in [0.25, 0.3) is 11.1 Å². The van der Waals surface area contributed by atoms with Crippen LogP contribution < -0.4 is 0 Å². The maximum Gasteiger partial charge on any atom is 0.253 e. The minimum absolute atomic E-state index is 0.0242. The molecule has 0 N–H and O–H groups in total. The molecule has 85 valence electrons. The van der Waals surface area contributed by atoms with E-state index in [4.69, 9.17) is 0 Å². The molecule has 0 unspecified atom stereocenters. The van der Waals surface area contributed by atoms with Gasteiger partial charge in [0, 0.05) is 19.7 Å². The minimum Gasteiger partial charge on any atom is -0.345 e. The van der Waals surface area contributed by atoms with Gasteiger partial charge in [-0.15, -0.1) is 0 Å². The first kappa shape index (κ1) is 11.4. The maximum absolute atomic E-state index is 11.7. The van der Waals surface area contributed by atoms with E-state index in [2.05, 4.69) is 6.07 Å². The van der Waals surface area contributed by atoms with Crippen molar-refractivity contribution in [2.24, 2.45) is 0 Å². The minimum atomic E-state index is 0.0242. The summed E-state index contributed by atoms with van der Waals surface area (Å²) >= 11 is 0. The standard InChI is InChI=1S/C15H14NO/c1-16(2)15(17)14-10-8-13(9-11-14)12-6-4-3-5-7-12/h3-4,6-11H,1-2H3. The predicted octanol–water partition coefficient (Wildman–Crippen LogP) is 2.86. The molecule has 2 nitrogen and oxygen atoms in total. The second-order valence-corrected chi connectivity index (χ2v) is 4.07. The summed E-state index contributed by atoms with van der Waals surface area (Å²) in [6, 6.07) is 18.4. The molecular formula is C15H14NO. The normalized spacial score (nSPS) is 10.0. The van der Waals surface area contributed by atoms with Gasteiger partial charge in [-0.3, -0.25) is 4.79 Å². The second kappa shape index (κ2) is 4.83. The number of hydrogen-bond donors (Lipinski definition) is 0. The Labute approximate surface area is 102 Å². The van der Waals surface area contributed by atoms with Crippen LogP contribution in [0, 0.1) is 6.07 Å². The van der Waals surface area contributed by atoms with Crippen LogP contribution in [0.5, 0.6) is 0 Å². The molecule has 2 aromatic carbocycles. The lowest BCUT2D eigenvalue weighted by atomic mass is 10.0. The number of hydrogen-bond acceptors (Lipinski definition) is 1. The van der Waals surface area contributed by atoms with Crippen molar-refractivity contribution in [2.75, 3.05) is 14.1 Å². The fraction of sp³-hybridized carbons (Fsp3) is 0.133. The Morgan fingerprint density at radius 2 is 1.76 bits per heavy atom. The molecule has 0 aromatic heterocycles. The number of amides is 1. The van der Waals surface area contributed by atoms with Crippen LogP contribution in [0.15, 0.2) is 48.5 Å². The predicted molar refractivity (Wildman–Crippen MR) is 68.7 cm³/mol. The fourth-order valence-electron chi connectivity index (χ4n) is 1.64. The highest BCUT2D eigenvalue weighted by molar-refractivity contribution is 5.94. The van der Waals surface area contributed by atoms with Crippen LogP contribution in [0.1, 0.15) is 10.4 Å². The molecule has 0 aliphatic carbocycles. The molecule has 1 amide bonds. The van der Waals surface area contributed by atoms with Crippen LogP contribution in [-0.4, -0.2) is 24.9 Å². The van der Waals surface area contributed by atoms with Crippen LogP contribution in [-0.2, 0) is 0 Å². The SMILES string of the molecule is CN(C)C(=O)c1ccc(-c2c[c]ccc2)cc1. The lowest BCUT2D eigenvalue weighted by Crippen LogP contribution is -2.21. The molecule has 0 aliphatic heterocycles. The van der Waals surface area contributed by atoms with E-state index >= 15 is 0 Å². The van der Waals surface area contributed by atoms with Crippen LogP contribution in [0.4, 0.5) is 0 Å². The summed E-state index contributed by atoms with van der Waals surface area (Å²) < 4.78 is 0. The molecule has 2 aromatic rings. The van der Waals surface area contributed by atoms with Gasteiger partial charge >= 0.3 is 0 Å². The van der Waals surface area contributed by atoms with Crippen molar-refractivity contribution in [3.63, 3.8) is 0 Å². The van der Waals surface area contributed by atoms with Gasteiger partial charge in [-0.05, 0) is 35.4 Å². The van der Waals surface area contributed by atoms with Gasteiger partial charge in [0.05, 0.1) is 0 Å². The zero-order valence-electron chi connectivity index (χ0n) is 9.97. The van der Waals surface area contributed by atoms with Gasteiger partial charge in [0.15, 0.2) is 0 Å². The molecule has 0 aliphatic rings. The molecule has 0 bridgehead atoms. The van der Waals surface area contributed by atoms with Crippen LogP contribution in [0.3, 0.4) is 0 Å². The van der Waals surface area contributed by atoms with E-state index in [0.717, 1.165) is 11.1 Å². The third-order valence-corrected chi connectivity index (χ3v) is 2.58. The van der Waals surface area contributed by atoms with Gasteiger partial charge in [0.2, 0.25) is 0 Å². The Kier molecular flexibility index (Phi) is 3.24. The summed E-state index contributed by atoms with van der Waals surface area (Å²) in [6.07, 6.45) is 0. The molecule has 0 saturated heterocycles. The van der Waals surface area contributed by atoms with Crippen molar-refractivity contribution < 1.29 is 4.79 Å². The highest BCUT2D eigenvalue weighted by Crippen LogP contribution is 2.19. The molecule has 17 heavy (non-hydrogen) atoms.